The number of rotatable bonds is 57. The lowest BCUT2D eigenvalue weighted by Crippen LogP contribution is -2.60. The summed E-state index contributed by atoms with van der Waals surface area (Å²) in [5, 5.41) is 54.7. The molecule has 1 aliphatic rings. The molecule has 1 amide bonds. The summed E-state index contributed by atoms with van der Waals surface area (Å²) in [5.74, 6) is -0.135. The molecule has 0 aliphatic carbocycles. The second-order valence-electron chi connectivity index (χ2n) is 22.9. The van der Waals surface area contributed by atoms with Gasteiger partial charge in [-0.3, -0.25) is 4.79 Å². The van der Waals surface area contributed by atoms with E-state index < -0.39 is 49.5 Å². The van der Waals surface area contributed by atoms with Crippen LogP contribution in [-0.4, -0.2) is 87.5 Å². The number of nitrogens with one attached hydrogen (secondary N) is 1. The maximum absolute atomic E-state index is 13.1. The first-order valence-corrected chi connectivity index (χ1v) is 32.2. The van der Waals surface area contributed by atoms with Crippen LogP contribution in [0.2, 0.25) is 0 Å². The Hall–Kier alpha value is -0.810. The Bertz CT molecular complexity index is 1100. The van der Waals surface area contributed by atoms with Gasteiger partial charge in [-0.25, -0.2) is 0 Å². The number of hydrogen-bond donors (Lipinski definition) is 6. The van der Waals surface area contributed by atoms with Crippen molar-refractivity contribution in [1.29, 1.82) is 0 Å². The summed E-state index contributed by atoms with van der Waals surface area (Å²) in [6.07, 6.45) is 58.8. The van der Waals surface area contributed by atoms with Crippen LogP contribution < -0.4 is 5.32 Å². The SMILES string of the molecule is CCCCCCCCCCCCCCCCCCCCCCCCCCCCCCCCCCCCC(=O)N[C@@H](CO[C@@H]1O[C@H](CO)[C@H](O)C(O)C1O)[C@H](O)CCCCCCCCCCCCCCCCC. The van der Waals surface area contributed by atoms with E-state index in [-0.39, 0.29) is 12.5 Å². The van der Waals surface area contributed by atoms with E-state index >= 15 is 0 Å². The number of aliphatic hydroxyl groups is 5. The fourth-order valence-electron chi connectivity index (χ4n) is 10.9. The van der Waals surface area contributed by atoms with E-state index in [0.29, 0.717) is 12.8 Å². The molecule has 0 spiro atoms. The van der Waals surface area contributed by atoms with Gasteiger partial charge in [0.2, 0.25) is 5.91 Å². The zero-order chi connectivity index (χ0) is 52.2. The Kier molecular flexibility index (Phi) is 51.5. The minimum absolute atomic E-state index is 0.131. The van der Waals surface area contributed by atoms with Crippen LogP contribution in [0, 0.1) is 0 Å². The van der Waals surface area contributed by atoms with Crippen LogP contribution in [0.1, 0.15) is 341 Å². The standard InChI is InChI=1S/C63H125NO8/c1-3-5-7-9-11-13-15-17-19-20-21-22-23-24-25-26-27-28-29-30-31-32-33-34-35-36-37-39-41-43-45-47-49-51-53-59(67)64-56(55-71-63-62(70)61(69)60(68)58(54-65)72-63)57(66)52-50-48-46-44-42-40-38-18-16-14-12-10-8-6-4-2/h56-58,60-63,65-66,68-70H,3-55H2,1-2H3,(H,64,67)/t56-,57+,58+,60-,61?,62?,63+/m0/s1. The minimum Gasteiger partial charge on any atom is -0.394 e. The predicted molar refractivity (Wildman–Crippen MR) is 304 cm³/mol. The van der Waals surface area contributed by atoms with Crippen LogP contribution >= 0.6 is 0 Å². The summed E-state index contributed by atoms with van der Waals surface area (Å²) >= 11 is 0. The molecule has 72 heavy (non-hydrogen) atoms. The lowest BCUT2D eigenvalue weighted by atomic mass is 9.99. The number of amides is 1. The highest BCUT2D eigenvalue weighted by molar-refractivity contribution is 5.76. The van der Waals surface area contributed by atoms with E-state index in [1.165, 1.54) is 276 Å². The molecule has 0 aromatic rings. The molecule has 1 heterocycles. The fraction of sp³-hybridized carbons (Fsp3) is 0.984. The fourth-order valence-corrected chi connectivity index (χ4v) is 10.9. The van der Waals surface area contributed by atoms with Crippen molar-refractivity contribution < 1.29 is 39.8 Å². The highest BCUT2D eigenvalue weighted by Gasteiger charge is 2.44. The van der Waals surface area contributed by atoms with Crippen LogP contribution in [-0.2, 0) is 14.3 Å². The molecule has 6 N–H and O–H groups in total. The minimum atomic E-state index is -1.55. The zero-order valence-corrected chi connectivity index (χ0v) is 48.0. The number of ether oxygens (including phenoxy) is 2. The van der Waals surface area contributed by atoms with Crippen LogP contribution in [0.3, 0.4) is 0 Å². The number of carbonyl (C=O) groups is 1. The Morgan fingerprint density at radius 3 is 0.986 bits per heavy atom. The van der Waals surface area contributed by atoms with E-state index in [1.54, 1.807) is 0 Å². The molecule has 9 heteroatoms. The first-order chi connectivity index (χ1) is 35.3. The molecular weight excluding hydrogens is 899 g/mol. The molecule has 7 atom stereocenters. The van der Waals surface area contributed by atoms with Gasteiger partial charge >= 0.3 is 0 Å². The van der Waals surface area contributed by atoms with E-state index in [4.69, 9.17) is 9.47 Å². The van der Waals surface area contributed by atoms with E-state index in [1.807, 2.05) is 0 Å². The Morgan fingerprint density at radius 1 is 0.417 bits per heavy atom. The van der Waals surface area contributed by atoms with Crippen molar-refractivity contribution in [3.8, 4) is 0 Å². The summed E-state index contributed by atoms with van der Waals surface area (Å²) in [7, 11) is 0. The average molecular weight is 1020 g/mol. The number of carbonyl (C=O) groups excluding carboxylic acids is 1. The molecule has 0 bridgehead atoms. The van der Waals surface area contributed by atoms with Gasteiger partial charge in [-0.2, -0.15) is 0 Å². The summed E-state index contributed by atoms with van der Waals surface area (Å²) in [6, 6.07) is -0.713. The van der Waals surface area contributed by atoms with Crippen molar-refractivity contribution >= 4 is 5.91 Å². The van der Waals surface area contributed by atoms with Gasteiger partial charge in [0, 0.05) is 6.42 Å². The zero-order valence-electron chi connectivity index (χ0n) is 48.0. The normalized spacial score (nSPS) is 19.0. The van der Waals surface area contributed by atoms with Gasteiger partial charge in [0.15, 0.2) is 6.29 Å². The second-order valence-corrected chi connectivity index (χ2v) is 22.9. The van der Waals surface area contributed by atoms with Gasteiger partial charge in [0.1, 0.15) is 24.4 Å². The first-order valence-electron chi connectivity index (χ1n) is 32.2. The Morgan fingerprint density at radius 2 is 0.694 bits per heavy atom. The van der Waals surface area contributed by atoms with Crippen LogP contribution in [0.25, 0.3) is 0 Å². The molecule has 430 valence electrons. The molecule has 0 saturated carbocycles. The van der Waals surface area contributed by atoms with Gasteiger partial charge < -0.3 is 40.3 Å². The molecule has 0 aromatic carbocycles. The third kappa shape index (κ3) is 42.3. The van der Waals surface area contributed by atoms with Crippen molar-refractivity contribution in [2.24, 2.45) is 0 Å². The van der Waals surface area contributed by atoms with Crippen molar-refractivity contribution in [3.63, 3.8) is 0 Å². The topological polar surface area (TPSA) is 149 Å². The van der Waals surface area contributed by atoms with Crippen molar-refractivity contribution in [2.45, 2.75) is 384 Å². The van der Waals surface area contributed by atoms with E-state index in [9.17, 15) is 30.3 Å². The molecule has 1 saturated heterocycles. The first kappa shape index (κ1) is 69.2. The summed E-state index contributed by atoms with van der Waals surface area (Å²) in [4.78, 5) is 13.1. The maximum Gasteiger partial charge on any atom is 0.220 e. The lowest BCUT2D eigenvalue weighted by Gasteiger charge is -2.40. The lowest BCUT2D eigenvalue weighted by molar-refractivity contribution is -0.302. The second kappa shape index (κ2) is 53.6. The smallest absolute Gasteiger partial charge is 0.220 e. The molecule has 0 radical (unpaired) electrons. The molecule has 1 aliphatic heterocycles. The third-order valence-electron chi connectivity index (χ3n) is 16.0. The van der Waals surface area contributed by atoms with Gasteiger partial charge in [0.05, 0.1) is 25.4 Å². The number of unbranched alkanes of at least 4 members (excludes halogenated alkanes) is 47. The van der Waals surface area contributed by atoms with Crippen molar-refractivity contribution in [2.75, 3.05) is 13.2 Å². The number of aliphatic hydroxyl groups excluding tert-OH is 5. The van der Waals surface area contributed by atoms with E-state index in [0.717, 1.165) is 38.5 Å². The quantitative estimate of drug-likeness (QED) is 0.0330. The monoisotopic (exact) mass is 1020 g/mol. The Balaban J connectivity index is 2.05. The molecule has 1 fully saturated rings. The summed E-state index contributed by atoms with van der Waals surface area (Å²) in [6.45, 7) is 3.89. The van der Waals surface area contributed by atoms with Gasteiger partial charge in [0.25, 0.3) is 0 Å². The summed E-state index contributed by atoms with van der Waals surface area (Å²) < 4.78 is 11.3. The number of hydrogen-bond acceptors (Lipinski definition) is 8. The van der Waals surface area contributed by atoms with Gasteiger partial charge in [-0.05, 0) is 12.8 Å². The van der Waals surface area contributed by atoms with Crippen molar-refractivity contribution in [1.82, 2.24) is 5.32 Å². The van der Waals surface area contributed by atoms with Crippen LogP contribution in [0.5, 0.6) is 0 Å². The highest BCUT2D eigenvalue weighted by atomic mass is 16.7. The van der Waals surface area contributed by atoms with Crippen LogP contribution in [0.4, 0.5) is 0 Å². The van der Waals surface area contributed by atoms with Crippen LogP contribution in [0.15, 0.2) is 0 Å². The summed E-state index contributed by atoms with van der Waals surface area (Å²) in [5.41, 5.74) is 0. The van der Waals surface area contributed by atoms with Crippen molar-refractivity contribution in [3.05, 3.63) is 0 Å². The molecular formula is C63H125NO8. The van der Waals surface area contributed by atoms with Gasteiger partial charge in [-0.1, -0.05) is 322 Å². The molecule has 9 nitrogen and oxygen atoms in total. The average Bonchev–Trinajstić information content (AvgIpc) is 3.38. The largest absolute Gasteiger partial charge is 0.394 e. The maximum atomic E-state index is 13.1. The predicted octanol–water partition coefficient (Wildman–Crippen LogP) is 16.6. The van der Waals surface area contributed by atoms with E-state index in [2.05, 4.69) is 19.2 Å². The van der Waals surface area contributed by atoms with Gasteiger partial charge in [-0.15, -0.1) is 0 Å². The third-order valence-corrected chi connectivity index (χ3v) is 16.0. The Labute approximate surface area is 446 Å². The highest BCUT2D eigenvalue weighted by Crippen LogP contribution is 2.24. The molecule has 1 rings (SSSR count). The molecule has 0 aromatic heterocycles. The molecule has 2 unspecified atom stereocenters.